The molecule has 82 valence electrons. The number of nitrogens with zero attached hydrogens (tertiary/aromatic N) is 2. The van der Waals surface area contributed by atoms with E-state index in [1.807, 2.05) is 12.1 Å². The van der Waals surface area contributed by atoms with Crippen molar-refractivity contribution in [1.29, 1.82) is 0 Å². The Morgan fingerprint density at radius 2 is 2.47 bits per heavy atom. The van der Waals surface area contributed by atoms with E-state index in [4.69, 9.17) is 11.6 Å². The number of pyridine rings is 1. The second kappa shape index (κ2) is 4.81. The van der Waals surface area contributed by atoms with Gasteiger partial charge in [0.15, 0.2) is 0 Å². The summed E-state index contributed by atoms with van der Waals surface area (Å²) in [5, 5.41) is 4.16. The quantitative estimate of drug-likeness (QED) is 0.852. The first kappa shape index (κ1) is 10.7. The molecule has 1 fully saturated rings. The Morgan fingerprint density at radius 1 is 1.60 bits per heavy atom. The van der Waals surface area contributed by atoms with Crippen LogP contribution in [0.2, 0.25) is 5.02 Å². The van der Waals surface area contributed by atoms with E-state index in [0.29, 0.717) is 11.1 Å². The van der Waals surface area contributed by atoms with Crippen LogP contribution in [0.15, 0.2) is 18.3 Å². The van der Waals surface area contributed by atoms with Crippen molar-refractivity contribution in [3.8, 4) is 0 Å². The highest BCUT2D eigenvalue weighted by atomic mass is 35.5. The zero-order valence-corrected chi connectivity index (χ0v) is 9.67. The van der Waals surface area contributed by atoms with Crippen LogP contribution in [0, 0.1) is 0 Å². The molecular formula is C11H16ClN3. The number of halogens is 1. The first-order valence-electron chi connectivity index (χ1n) is 5.32. The molecule has 4 heteroatoms. The Morgan fingerprint density at radius 3 is 3.07 bits per heavy atom. The Hall–Kier alpha value is -0.800. The molecule has 1 aliphatic rings. The Balaban J connectivity index is 1.94. The molecule has 1 aromatic rings. The van der Waals surface area contributed by atoms with Crippen LogP contribution in [0.4, 0.5) is 5.82 Å². The molecule has 1 N–H and O–H groups in total. The Kier molecular flexibility index (Phi) is 3.44. The number of rotatable bonds is 3. The second-order valence-electron chi connectivity index (χ2n) is 4.01. The van der Waals surface area contributed by atoms with E-state index in [0.717, 1.165) is 18.9 Å². The number of hydrogen-bond acceptors (Lipinski definition) is 3. The standard InChI is InChI=1S/C11H16ClN3/c1-15(8-10-3-2-6-13-10)11-5-4-9(12)7-14-11/h4-5,7,10,13H,2-3,6,8H2,1H3. The number of anilines is 1. The van der Waals surface area contributed by atoms with Crippen molar-refractivity contribution in [1.82, 2.24) is 10.3 Å². The molecule has 2 rings (SSSR count). The summed E-state index contributed by atoms with van der Waals surface area (Å²) in [6.45, 7) is 2.15. The molecular weight excluding hydrogens is 210 g/mol. The van der Waals surface area contributed by atoms with Gasteiger partial charge in [0.25, 0.3) is 0 Å². The predicted molar refractivity (Wildman–Crippen MR) is 63.5 cm³/mol. The molecule has 1 saturated heterocycles. The van der Waals surface area contributed by atoms with E-state index in [1.54, 1.807) is 6.20 Å². The zero-order valence-electron chi connectivity index (χ0n) is 8.91. The molecule has 15 heavy (non-hydrogen) atoms. The topological polar surface area (TPSA) is 28.2 Å². The van der Waals surface area contributed by atoms with Gasteiger partial charge < -0.3 is 10.2 Å². The van der Waals surface area contributed by atoms with Gasteiger partial charge >= 0.3 is 0 Å². The summed E-state index contributed by atoms with van der Waals surface area (Å²) in [5.74, 6) is 0.980. The van der Waals surface area contributed by atoms with Gasteiger partial charge in [-0.25, -0.2) is 4.98 Å². The largest absolute Gasteiger partial charge is 0.358 e. The first-order chi connectivity index (χ1) is 7.25. The number of hydrogen-bond donors (Lipinski definition) is 1. The first-order valence-corrected chi connectivity index (χ1v) is 5.69. The maximum absolute atomic E-state index is 5.79. The van der Waals surface area contributed by atoms with Crippen LogP contribution in [-0.4, -0.2) is 31.2 Å². The minimum atomic E-state index is 0.604. The summed E-state index contributed by atoms with van der Waals surface area (Å²) in [6.07, 6.45) is 4.24. The third-order valence-electron chi connectivity index (χ3n) is 2.76. The van der Waals surface area contributed by atoms with E-state index in [2.05, 4.69) is 22.2 Å². The van der Waals surface area contributed by atoms with Crippen LogP contribution < -0.4 is 10.2 Å². The normalized spacial score (nSPS) is 20.5. The molecule has 0 saturated carbocycles. The maximum atomic E-state index is 5.79. The van der Waals surface area contributed by atoms with E-state index < -0.39 is 0 Å². The van der Waals surface area contributed by atoms with Gasteiger partial charge in [-0.15, -0.1) is 0 Å². The van der Waals surface area contributed by atoms with Gasteiger partial charge in [0, 0.05) is 25.8 Å². The minimum Gasteiger partial charge on any atom is -0.358 e. The monoisotopic (exact) mass is 225 g/mol. The van der Waals surface area contributed by atoms with Crippen molar-refractivity contribution in [3.05, 3.63) is 23.4 Å². The summed E-state index contributed by atoms with van der Waals surface area (Å²) in [6, 6.07) is 4.44. The highest BCUT2D eigenvalue weighted by Gasteiger charge is 2.16. The van der Waals surface area contributed by atoms with Gasteiger partial charge in [0.1, 0.15) is 5.82 Å². The predicted octanol–water partition coefficient (Wildman–Crippen LogP) is 1.92. The Bertz CT molecular complexity index is 306. The summed E-state index contributed by atoms with van der Waals surface area (Å²) < 4.78 is 0. The average Bonchev–Trinajstić information content (AvgIpc) is 2.71. The van der Waals surface area contributed by atoms with Crippen LogP contribution in [0.5, 0.6) is 0 Å². The lowest BCUT2D eigenvalue weighted by atomic mass is 10.2. The smallest absolute Gasteiger partial charge is 0.128 e. The van der Waals surface area contributed by atoms with Crippen LogP contribution in [0.1, 0.15) is 12.8 Å². The number of likely N-dealkylation sites (N-methyl/N-ethyl adjacent to an activating group) is 1. The second-order valence-corrected chi connectivity index (χ2v) is 4.44. The zero-order chi connectivity index (χ0) is 10.7. The van der Waals surface area contributed by atoms with E-state index in [1.165, 1.54) is 12.8 Å². The summed E-state index contributed by atoms with van der Waals surface area (Å²) in [7, 11) is 2.07. The maximum Gasteiger partial charge on any atom is 0.128 e. The van der Waals surface area contributed by atoms with Crippen molar-refractivity contribution in [2.75, 3.05) is 25.0 Å². The molecule has 2 heterocycles. The van der Waals surface area contributed by atoms with Gasteiger partial charge in [-0.1, -0.05) is 11.6 Å². The van der Waals surface area contributed by atoms with Crippen molar-refractivity contribution >= 4 is 17.4 Å². The molecule has 0 aliphatic carbocycles. The molecule has 0 spiro atoms. The third-order valence-corrected chi connectivity index (χ3v) is 2.98. The van der Waals surface area contributed by atoms with Crippen molar-refractivity contribution < 1.29 is 0 Å². The SMILES string of the molecule is CN(CC1CCCN1)c1ccc(Cl)cn1. The van der Waals surface area contributed by atoms with E-state index in [-0.39, 0.29) is 0 Å². The average molecular weight is 226 g/mol. The van der Waals surface area contributed by atoms with Gasteiger partial charge in [0.2, 0.25) is 0 Å². The lowest BCUT2D eigenvalue weighted by Gasteiger charge is -2.22. The molecule has 0 amide bonds. The molecule has 1 unspecified atom stereocenters. The van der Waals surface area contributed by atoms with Gasteiger partial charge in [-0.3, -0.25) is 0 Å². The minimum absolute atomic E-state index is 0.604. The highest BCUT2D eigenvalue weighted by Crippen LogP contribution is 2.14. The fourth-order valence-electron chi connectivity index (χ4n) is 1.93. The molecule has 0 aromatic carbocycles. The highest BCUT2D eigenvalue weighted by molar-refractivity contribution is 6.30. The molecule has 3 nitrogen and oxygen atoms in total. The molecule has 1 atom stereocenters. The third kappa shape index (κ3) is 2.83. The Labute approximate surface area is 95.4 Å². The fraction of sp³-hybridized carbons (Fsp3) is 0.545. The molecule has 0 radical (unpaired) electrons. The van der Waals surface area contributed by atoms with Crippen LogP contribution in [-0.2, 0) is 0 Å². The van der Waals surface area contributed by atoms with Gasteiger partial charge in [-0.05, 0) is 31.5 Å². The lowest BCUT2D eigenvalue weighted by molar-refractivity contribution is 0.597. The van der Waals surface area contributed by atoms with Crippen molar-refractivity contribution in [3.63, 3.8) is 0 Å². The van der Waals surface area contributed by atoms with Crippen molar-refractivity contribution in [2.24, 2.45) is 0 Å². The van der Waals surface area contributed by atoms with Crippen LogP contribution in [0.25, 0.3) is 0 Å². The van der Waals surface area contributed by atoms with Crippen LogP contribution in [0.3, 0.4) is 0 Å². The molecule has 0 bridgehead atoms. The van der Waals surface area contributed by atoms with Crippen LogP contribution >= 0.6 is 11.6 Å². The lowest BCUT2D eigenvalue weighted by Crippen LogP contribution is -2.35. The van der Waals surface area contributed by atoms with Crippen molar-refractivity contribution in [2.45, 2.75) is 18.9 Å². The molecule has 1 aliphatic heterocycles. The summed E-state index contributed by atoms with van der Waals surface area (Å²) >= 11 is 5.79. The van der Waals surface area contributed by atoms with Gasteiger partial charge in [-0.2, -0.15) is 0 Å². The molecule has 1 aromatic heterocycles. The van der Waals surface area contributed by atoms with Gasteiger partial charge in [0.05, 0.1) is 5.02 Å². The number of nitrogens with one attached hydrogen (secondary N) is 1. The van der Waals surface area contributed by atoms with E-state index >= 15 is 0 Å². The number of aromatic nitrogens is 1. The van der Waals surface area contributed by atoms with E-state index in [9.17, 15) is 0 Å². The summed E-state index contributed by atoms with van der Waals surface area (Å²) in [4.78, 5) is 6.45. The fourth-order valence-corrected chi connectivity index (χ4v) is 2.04. The summed E-state index contributed by atoms with van der Waals surface area (Å²) in [5.41, 5.74) is 0.